The lowest BCUT2D eigenvalue weighted by atomic mass is 10.1. The maximum absolute atomic E-state index is 11.7. The largest absolute Gasteiger partial charge is 0.459 e. The number of rotatable bonds is 10. The van der Waals surface area contributed by atoms with Crippen LogP contribution in [-0.4, -0.2) is 18.5 Å². The predicted octanol–water partition coefficient (Wildman–Crippen LogP) is 2.70. The molecule has 0 spiro atoms. The van der Waals surface area contributed by atoms with Gasteiger partial charge in [-0.1, -0.05) is 33.3 Å². The summed E-state index contributed by atoms with van der Waals surface area (Å²) in [5, 5.41) is 2.31. The lowest BCUT2D eigenvalue weighted by molar-refractivity contribution is -0.144. The van der Waals surface area contributed by atoms with Gasteiger partial charge in [-0.3, -0.25) is 4.79 Å². The van der Waals surface area contributed by atoms with Crippen molar-refractivity contribution in [1.29, 1.82) is 0 Å². The molecule has 0 saturated carbocycles. The normalized spacial score (nSPS) is 12.1. The first-order chi connectivity index (χ1) is 8.65. The molecule has 0 aromatic carbocycles. The lowest BCUT2D eigenvalue weighted by Gasteiger charge is -2.15. The van der Waals surface area contributed by atoms with E-state index in [9.17, 15) is 9.59 Å². The van der Waals surface area contributed by atoms with Crippen LogP contribution in [0.5, 0.6) is 0 Å². The number of hydrogen-bond acceptors (Lipinski definition) is 3. The van der Waals surface area contributed by atoms with E-state index in [0.29, 0.717) is 6.41 Å². The first-order valence-corrected chi connectivity index (χ1v) is 6.41. The Kier molecular flexibility index (Phi) is 9.64. The number of carbonyl (C=O) groups is 2. The molecule has 18 heavy (non-hydrogen) atoms. The molecule has 0 fully saturated rings. The Hall–Kier alpha value is -1.58. The maximum atomic E-state index is 11.7. The molecule has 102 valence electrons. The van der Waals surface area contributed by atoms with Gasteiger partial charge in [-0.05, 0) is 25.3 Å². The average molecular weight is 253 g/mol. The Labute approximate surface area is 109 Å². The number of ether oxygens (including phenoxy) is 1. The highest BCUT2D eigenvalue weighted by Gasteiger charge is 2.13. The summed E-state index contributed by atoms with van der Waals surface area (Å²) in [6.45, 7) is 7.73. The quantitative estimate of drug-likeness (QED) is 0.214. The highest BCUT2D eigenvalue weighted by Crippen LogP contribution is 2.12. The Morgan fingerprint density at radius 2 is 2.11 bits per heavy atom. The average Bonchev–Trinajstić information content (AvgIpc) is 2.37. The van der Waals surface area contributed by atoms with E-state index in [1.165, 1.54) is 12.3 Å². The molecule has 1 atom stereocenters. The molecule has 4 nitrogen and oxygen atoms in total. The summed E-state index contributed by atoms with van der Waals surface area (Å²) in [4.78, 5) is 21.7. The molecule has 1 unspecified atom stereocenters. The van der Waals surface area contributed by atoms with Crippen molar-refractivity contribution in [3.8, 4) is 0 Å². The smallest absolute Gasteiger partial charge is 0.337 e. The standard InChI is InChI=1S/C14H23NO3/c1-4-6-7-8-13(5-2)18-14(17)12(3)9-10-15-11-16/h9-11,13H,3-8H2,1-2H3,(H,15,16). The van der Waals surface area contributed by atoms with E-state index in [4.69, 9.17) is 4.74 Å². The molecule has 1 amide bonds. The molecule has 0 heterocycles. The topological polar surface area (TPSA) is 55.4 Å². The second kappa shape index (κ2) is 10.6. The van der Waals surface area contributed by atoms with Gasteiger partial charge in [0.2, 0.25) is 6.41 Å². The third kappa shape index (κ3) is 7.65. The van der Waals surface area contributed by atoms with Crippen molar-refractivity contribution in [1.82, 2.24) is 5.32 Å². The third-order valence-corrected chi connectivity index (χ3v) is 2.57. The summed E-state index contributed by atoms with van der Waals surface area (Å²) in [5.41, 5.74) is 0.235. The fourth-order valence-electron chi connectivity index (χ4n) is 1.45. The highest BCUT2D eigenvalue weighted by atomic mass is 16.5. The zero-order valence-electron chi connectivity index (χ0n) is 11.3. The number of amides is 1. The second-order valence-corrected chi connectivity index (χ2v) is 4.07. The van der Waals surface area contributed by atoms with Crippen molar-refractivity contribution < 1.29 is 14.3 Å². The molecule has 0 aliphatic heterocycles. The van der Waals surface area contributed by atoms with Crippen LogP contribution in [0.25, 0.3) is 0 Å². The number of hydrogen-bond donors (Lipinski definition) is 1. The third-order valence-electron chi connectivity index (χ3n) is 2.57. The van der Waals surface area contributed by atoms with Crippen molar-refractivity contribution in [2.75, 3.05) is 0 Å². The van der Waals surface area contributed by atoms with Crippen molar-refractivity contribution in [3.63, 3.8) is 0 Å². The van der Waals surface area contributed by atoms with Gasteiger partial charge in [0.05, 0.1) is 5.57 Å². The van der Waals surface area contributed by atoms with Crippen molar-refractivity contribution >= 4 is 12.4 Å². The maximum Gasteiger partial charge on any atom is 0.337 e. The molecule has 0 bridgehead atoms. The van der Waals surface area contributed by atoms with Crippen LogP contribution in [0.15, 0.2) is 24.4 Å². The summed E-state index contributed by atoms with van der Waals surface area (Å²) in [6, 6.07) is 0. The van der Waals surface area contributed by atoms with E-state index in [-0.39, 0.29) is 11.7 Å². The van der Waals surface area contributed by atoms with E-state index in [0.717, 1.165) is 32.1 Å². The molecule has 1 N–H and O–H groups in total. The SMILES string of the molecule is C=C(C=CNC=O)C(=O)OC(CC)CCCCC. The Bertz CT molecular complexity index is 297. The van der Waals surface area contributed by atoms with Crippen molar-refractivity contribution in [2.24, 2.45) is 0 Å². The minimum absolute atomic E-state index is 0.0479. The first-order valence-electron chi connectivity index (χ1n) is 6.41. The molecule has 0 saturated heterocycles. The van der Waals surface area contributed by atoms with Crippen molar-refractivity contribution in [3.05, 3.63) is 24.4 Å². The zero-order valence-corrected chi connectivity index (χ0v) is 11.3. The summed E-state index contributed by atoms with van der Waals surface area (Å²) in [7, 11) is 0. The molecule has 0 aliphatic rings. The van der Waals surface area contributed by atoms with Crippen LogP contribution in [0.1, 0.15) is 46.0 Å². The monoisotopic (exact) mass is 253 g/mol. The van der Waals surface area contributed by atoms with E-state index in [1.807, 2.05) is 6.92 Å². The van der Waals surface area contributed by atoms with Crippen LogP contribution in [0.4, 0.5) is 0 Å². The fourth-order valence-corrected chi connectivity index (χ4v) is 1.45. The van der Waals surface area contributed by atoms with Gasteiger partial charge in [-0.2, -0.15) is 0 Å². The number of nitrogens with one attached hydrogen (secondary N) is 1. The Morgan fingerprint density at radius 3 is 2.67 bits per heavy atom. The highest BCUT2D eigenvalue weighted by molar-refractivity contribution is 5.90. The van der Waals surface area contributed by atoms with E-state index >= 15 is 0 Å². The van der Waals surface area contributed by atoms with Crippen LogP contribution in [0.3, 0.4) is 0 Å². The summed E-state index contributed by atoms with van der Waals surface area (Å²) in [5.74, 6) is -0.428. The Balaban J connectivity index is 4.08. The van der Waals surface area contributed by atoms with Gasteiger partial charge in [-0.15, -0.1) is 0 Å². The Morgan fingerprint density at radius 1 is 1.39 bits per heavy atom. The minimum atomic E-state index is -0.428. The van der Waals surface area contributed by atoms with Gasteiger partial charge in [0.1, 0.15) is 6.10 Å². The van der Waals surface area contributed by atoms with Crippen LogP contribution in [-0.2, 0) is 14.3 Å². The van der Waals surface area contributed by atoms with E-state index in [2.05, 4.69) is 18.8 Å². The number of carbonyl (C=O) groups excluding carboxylic acids is 2. The molecular formula is C14H23NO3. The van der Waals surface area contributed by atoms with Gasteiger partial charge in [-0.25, -0.2) is 4.79 Å². The van der Waals surface area contributed by atoms with Crippen LogP contribution in [0.2, 0.25) is 0 Å². The van der Waals surface area contributed by atoms with Gasteiger partial charge in [0.15, 0.2) is 0 Å². The van der Waals surface area contributed by atoms with Gasteiger partial charge in [0.25, 0.3) is 0 Å². The van der Waals surface area contributed by atoms with E-state index < -0.39 is 5.97 Å². The minimum Gasteiger partial charge on any atom is -0.459 e. The molecule has 0 rings (SSSR count). The number of unbranched alkanes of at least 4 members (excludes halogenated alkanes) is 2. The van der Waals surface area contributed by atoms with Crippen LogP contribution < -0.4 is 5.32 Å². The van der Waals surface area contributed by atoms with E-state index in [1.54, 1.807) is 0 Å². The molecule has 0 radical (unpaired) electrons. The second-order valence-electron chi connectivity index (χ2n) is 4.07. The lowest BCUT2D eigenvalue weighted by Crippen LogP contribution is -2.18. The molecule has 0 aliphatic carbocycles. The summed E-state index contributed by atoms with van der Waals surface area (Å²) < 4.78 is 5.33. The van der Waals surface area contributed by atoms with Crippen molar-refractivity contribution in [2.45, 2.75) is 52.1 Å². The van der Waals surface area contributed by atoms with Crippen LogP contribution >= 0.6 is 0 Å². The number of esters is 1. The molecule has 0 aromatic rings. The van der Waals surface area contributed by atoms with Crippen LogP contribution in [0, 0.1) is 0 Å². The van der Waals surface area contributed by atoms with Gasteiger partial charge in [0, 0.05) is 6.20 Å². The zero-order chi connectivity index (χ0) is 13.8. The summed E-state index contributed by atoms with van der Waals surface area (Å²) >= 11 is 0. The predicted molar refractivity (Wildman–Crippen MR) is 71.8 cm³/mol. The van der Waals surface area contributed by atoms with Gasteiger partial charge >= 0.3 is 5.97 Å². The summed E-state index contributed by atoms with van der Waals surface area (Å²) in [6.07, 6.45) is 8.32. The molecule has 0 aromatic heterocycles. The molecular weight excluding hydrogens is 230 g/mol. The van der Waals surface area contributed by atoms with Gasteiger partial charge < -0.3 is 10.1 Å². The molecule has 4 heteroatoms. The first kappa shape index (κ1) is 16.4. The fraction of sp³-hybridized carbons (Fsp3) is 0.571.